The van der Waals surface area contributed by atoms with Gasteiger partial charge in [0.25, 0.3) is 5.91 Å². The second kappa shape index (κ2) is 9.72. The molecule has 0 aliphatic carbocycles. The lowest BCUT2D eigenvalue weighted by molar-refractivity contribution is 0.00135. The molecule has 2 unspecified atom stereocenters. The van der Waals surface area contributed by atoms with Crippen LogP contribution >= 0.6 is 0 Å². The van der Waals surface area contributed by atoms with E-state index in [0.717, 1.165) is 0 Å². The molecule has 1 aromatic heterocycles. The van der Waals surface area contributed by atoms with E-state index in [0.29, 0.717) is 11.1 Å². The standard InChI is InChI=1S/C29H30F2N4O5/c1-28(2,3)40-27(39)33(4)29(13-17-5-9-19(30)10-6-17)14-21-16-34(15-18-7-11-20(31)12-8-18)25(38)22-23(36)24(37)32-26(29)35(21)22/h5-12,21,36H,13-16H2,1-4H3. The molecule has 0 spiro atoms. The number of likely N-dealkylation sites (N-methyl/N-ethyl adjacent to an activating group) is 1. The molecule has 3 heterocycles. The highest BCUT2D eigenvalue weighted by Crippen LogP contribution is 2.48. The first-order chi connectivity index (χ1) is 18.8. The fraction of sp³-hybridized carbons (Fsp3) is 0.379. The summed E-state index contributed by atoms with van der Waals surface area (Å²) in [4.78, 5) is 47.1. The number of benzene rings is 2. The Hall–Kier alpha value is -4.28. The summed E-state index contributed by atoms with van der Waals surface area (Å²) in [5, 5.41) is 10.8. The molecular weight excluding hydrogens is 522 g/mol. The van der Waals surface area contributed by atoms with Crippen LogP contribution in [0.25, 0.3) is 0 Å². The summed E-state index contributed by atoms with van der Waals surface area (Å²) in [6.07, 6.45) is -0.294. The summed E-state index contributed by atoms with van der Waals surface area (Å²) in [5.41, 5.74) is -1.96. The number of nitrogens with zero attached hydrogens (tertiary/aromatic N) is 4. The number of aromatic nitrogens is 2. The molecule has 1 N–H and O–H groups in total. The highest BCUT2D eigenvalue weighted by atomic mass is 19.1. The Kier molecular flexibility index (Phi) is 6.63. The normalized spacial score (nSPS) is 19.9. The van der Waals surface area contributed by atoms with Crippen molar-refractivity contribution >= 4 is 12.0 Å². The van der Waals surface area contributed by atoms with Gasteiger partial charge in [-0.3, -0.25) is 14.5 Å². The Bertz CT molecular complexity index is 1530. The maximum absolute atomic E-state index is 13.7. The lowest BCUT2D eigenvalue weighted by Crippen LogP contribution is -2.50. The van der Waals surface area contributed by atoms with Gasteiger partial charge >= 0.3 is 11.7 Å². The largest absolute Gasteiger partial charge is 0.501 e. The van der Waals surface area contributed by atoms with Crippen molar-refractivity contribution in [2.75, 3.05) is 13.6 Å². The average molecular weight is 553 g/mol. The number of carbonyl (C=O) groups is 2. The van der Waals surface area contributed by atoms with Crippen LogP contribution in [0.3, 0.4) is 0 Å². The van der Waals surface area contributed by atoms with Crippen LogP contribution in [0.15, 0.2) is 53.3 Å². The zero-order valence-corrected chi connectivity index (χ0v) is 22.6. The van der Waals surface area contributed by atoms with Crippen molar-refractivity contribution in [3.05, 3.63) is 93.2 Å². The van der Waals surface area contributed by atoms with Crippen LogP contribution in [0.2, 0.25) is 0 Å². The van der Waals surface area contributed by atoms with Gasteiger partial charge in [0.1, 0.15) is 28.6 Å². The fourth-order valence-corrected chi connectivity index (χ4v) is 5.57. The van der Waals surface area contributed by atoms with E-state index in [4.69, 9.17) is 4.74 Å². The molecule has 0 saturated carbocycles. The van der Waals surface area contributed by atoms with E-state index < -0.39 is 52.1 Å². The van der Waals surface area contributed by atoms with Gasteiger partial charge in [0.2, 0.25) is 5.75 Å². The van der Waals surface area contributed by atoms with Crippen LogP contribution < -0.4 is 5.56 Å². The topological polar surface area (TPSA) is 105 Å². The molecule has 40 heavy (non-hydrogen) atoms. The smallest absolute Gasteiger partial charge is 0.410 e. The first-order valence-corrected chi connectivity index (χ1v) is 12.9. The van der Waals surface area contributed by atoms with E-state index in [1.807, 2.05) is 0 Å². The van der Waals surface area contributed by atoms with E-state index >= 15 is 0 Å². The summed E-state index contributed by atoms with van der Waals surface area (Å²) in [7, 11) is 1.54. The summed E-state index contributed by atoms with van der Waals surface area (Å²) in [6.45, 7) is 5.50. The van der Waals surface area contributed by atoms with Crippen LogP contribution in [0.1, 0.15) is 60.7 Å². The minimum atomic E-state index is -1.27. The van der Waals surface area contributed by atoms with Crippen LogP contribution in [-0.2, 0) is 23.2 Å². The second-order valence-electron chi connectivity index (χ2n) is 11.4. The Morgan fingerprint density at radius 2 is 1.65 bits per heavy atom. The third-order valence-electron chi connectivity index (χ3n) is 7.38. The first kappa shape index (κ1) is 27.3. The molecule has 9 nitrogen and oxygen atoms in total. The maximum Gasteiger partial charge on any atom is 0.410 e. The number of hydrogen-bond acceptors (Lipinski definition) is 6. The summed E-state index contributed by atoms with van der Waals surface area (Å²) < 4.78 is 34.4. The molecule has 2 aliphatic heterocycles. The number of rotatable bonds is 5. The number of carbonyl (C=O) groups excluding carboxylic acids is 2. The molecule has 2 aromatic carbocycles. The van der Waals surface area contributed by atoms with Crippen LogP contribution in [0.4, 0.5) is 13.6 Å². The number of hydrogen-bond donors (Lipinski definition) is 1. The van der Waals surface area contributed by atoms with Gasteiger partial charge in [-0.2, -0.15) is 4.98 Å². The van der Waals surface area contributed by atoms with Gasteiger partial charge in [-0.25, -0.2) is 13.6 Å². The van der Waals surface area contributed by atoms with Crippen molar-refractivity contribution in [3.63, 3.8) is 0 Å². The predicted molar refractivity (Wildman–Crippen MR) is 141 cm³/mol. The van der Waals surface area contributed by atoms with Crippen molar-refractivity contribution in [1.29, 1.82) is 0 Å². The Balaban J connectivity index is 1.63. The highest BCUT2D eigenvalue weighted by molar-refractivity contribution is 5.96. The monoisotopic (exact) mass is 552 g/mol. The first-order valence-electron chi connectivity index (χ1n) is 12.9. The lowest BCUT2D eigenvalue weighted by Gasteiger charge is -2.39. The number of aromatic hydroxyl groups is 1. The van der Waals surface area contributed by atoms with Crippen LogP contribution in [-0.4, -0.2) is 55.7 Å². The SMILES string of the molecule is CN(C(=O)OC(C)(C)C)C1(Cc2ccc(F)cc2)CC2CN(Cc3ccc(F)cc3)C(=O)c3c(O)c(=O)nc1n32. The predicted octanol–water partition coefficient (Wildman–Crippen LogP) is 4.13. The van der Waals surface area contributed by atoms with Crippen molar-refractivity contribution in [2.45, 2.75) is 57.3 Å². The van der Waals surface area contributed by atoms with Crippen molar-refractivity contribution < 1.29 is 28.2 Å². The summed E-state index contributed by atoms with van der Waals surface area (Å²) in [5.74, 6) is -2.06. The zero-order valence-electron chi connectivity index (χ0n) is 22.6. The molecular formula is C29H30F2N4O5. The molecule has 2 amide bonds. The molecule has 0 saturated heterocycles. The minimum absolute atomic E-state index is 0.119. The Morgan fingerprint density at radius 1 is 1.07 bits per heavy atom. The molecule has 0 bridgehead atoms. The third-order valence-corrected chi connectivity index (χ3v) is 7.38. The highest BCUT2D eigenvalue weighted by Gasteiger charge is 2.55. The minimum Gasteiger partial charge on any atom is -0.501 e. The van der Waals surface area contributed by atoms with Gasteiger partial charge < -0.3 is 19.3 Å². The zero-order chi connectivity index (χ0) is 29.0. The number of ether oxygens (including phenoxy) is 1. The quantitative estimate of drug-likeness (QED) is 0.511. The molecule has 11 heteroatoms. The average Bonchev–Trinajstić information content (AvgIpc) is 3.18. The number of halogens is 2. The van der Waals surface area contributed by atoms with E-state index in [9.17, 15) is 28.3 Å². The van der Waals surface area contributed by atoms with Crippen molar-refractivity contribution in [2.24, 2.45) is 0 Å². The van der Waals surface area contributed by atoms with Crippen molar-refractivity contribution in [3.8, 4) is 5.75 Å². The maximum atomic E-state index is 13.7. The van der Waals surface area contributed by atoms with Gasteiger partial charge in [-0.1, -0.05) is 24.3 Å². The molecule has 210 valence electrons. The molecule has 2 atom stereocenters. The molecule has 2 aliphatic rings. The van der Waals surface area contributed by atoms with E-state index in [1.165, 1.54) is 34.1 Å². The molecule has 0 fully saturated rings. The summed E-state index contributed by atoms with van der Waals surface area (Å²) >= 11 is 0. The van der Waals surface area contributed by atoms with E-state index in [1.54, 1.807) is 56.7 Å². The van der Waals surface area contributed by atoms with E-state index in [2.05, 4.69) is 4.98 Å². The van der Waals surface area contributed by atoms with Gasteiger partial charge in [0, 0.05) is 33.0 Å². The van der Waals surface area contributed by atoms with Crippen molar-refractivity contribution in [1.82, 2.24) is 19.4 Å². The molecule has 0 radical (unpaired) electrons. The summed E-state index contributed by atoms with van der Waals surface area (Å²) in [6, 6.07) is 11.0. The van der Waals surface area contributed by atoms with Gasteiger partial charge in [0.05, 0.1) is 6.04 Å². The Morgan fingerprint density at radius 3 is 2.23 bits per heavy atom. The van der Waals surface area contributed by atoms with Gasteiger partial charge in [0.15, 0.2) is 5.69 Å². The molecule has 3 aromatic rings. The van der Waals surface area contributed by atoms with E-state index in [-0.39, 0.29) is 37.4 Å². The third kappa shape index (κ3) is 4.80. The lowest BCUT2D eigenvalue weighted by atomic mass is 9.85. The number of amides is 2. The van der Waals surface area contributed by atoms with Gasteiger partial charge in [-0.15, -0.1) is 0 Å². The molecule has 5 rings (SSSR count). The second-order valence-corrected chi connectivity index (χ2v) is 11.4. The van der Waals surface area contributed by atoms with Gasteiger partial charge in [-0.05, 0) is 56.2 Å². The van der Waals surface area contributed by atoms with Crippen LogP contribution in [0.5, 0.6) is 5.75 Å². The Labute approximate surface area is 229 Å². The fourth-order valence-electron chi connectivity index (χ4n) is 5.57. The van der Waals surface area contributed by atoms with Crippen LogP contribution in [0, 0.1) is 11.6 Å².